The van der Waals surface area contributed by atoms with Gasteiger partial charge in [-0.05, 0) is 18.9 Å². The molecule has 116 valence electrons. The van der Waals surface area contributed by atoms with E-state index < -0.39 is 18.9 Å². The van der Waals surface area contributed by atoms with Gasteiger partial charge in [-0.2, -0.15) is 13.2 Å². The predicted octanol–water partition coefficient (Wildman–Crippen LogP) is 3.36. The molecule has 0 radical (unpaired) electrons. The Morgan fingerprint density at radius 3 is 2.57 bits per heavy atom. The topological polar surface area (TPSA) is 38.8 Å². The standard InChI is InChI=1S/C14H16F3NO3/c1-20-12-5-3-2-4-10(12)8-18(11-6-7-11)13(19)21-9-14(15,16)17/h2-5,11H,6-9H2,1H3. The first-order valence-corrected chi connectivity index (χ1v) is 6.53. The molecule has 0 aromatic heterocycles. The van der Waals surface area contributed by atoms with Gasteiger partial charge in [0.1, 0.15) is 5.75 Å². The van der Waals surface area contributed by atoms with Crippen molar-refractivity contribution in [1.29, 1.82) is 0 Å². The van der Waals surface area contributed by atoms with Gasteiger partial charge in [0.25, 0.3) is 0 Å². The van der Waals surface area contributed by atoms with Crippen LogP contribution in [-0.2, 0) is 11.3 Å². The first-order valence-electron chi connectivity index (χ1n) is 6.53. The van der Waals surface area contributed by atoms with E-state index in [1.54, 1.807) is 24.3 Å². The molecule has 0 atom stereocenters. The molecule has 0 unspecified atom stereocenters. The zero-order valence-corrected chi connectivity index (χ0v) is 11.5. The van der Waals surface area contributed by atoms with Gasteiger partial charge in [-0.1, -0.05) is 18.2 Å². The van der Waals surface area contributed by atoms with Crippen LogP contribution in [0.5, 0.6) is 5.75 Å². The van der Waals surface area contributed by atoms with E-state index in [0.717, 1.165) is 18.4 Å². The Balaban J connectivity index is 2.04. The Labute approximate surface area is 120 Å². The maximum absolute atomic E-state index is 12.1. The van der Waals surface area contributed by atoms with Crippen molar-refractivity contribution >= 4 is 6.09 Å². The predicted molar refractivity (Wildman–Crippen MR) is 69.0 cm³/mol. The summed E-state index contributed by atoms with van der Waals surface area (Å²) in [5, 5.41) is 0. The van der Waals surface area contributed by atoms with Gasteiger partial charge in [-0.3, -0.25) is 0 Å². The second kappa shape index (κ2) is 6.24. The van der Waals surface area contributed by atoms with Crippen molar-refractivity contribution in [3.8, 4) is 5.75 Å². The quantitative estimate of drug-likeness (QED) is 0.837. The lowest BCUT2D eigenvalue weighted by Crippen LogP contribution is -2.35. The summed E-state index contributed by atoms with van der Waals surface area (Å²) < 4.78 is 45.9. The van der Waals surface area contributed by atoms with Crippen LogP contribution in [0.3, 0.4) is 0 Å². The smallest absolute Gasteiger partial charge is 0.422 e. The minimum atomic E-state index is -4.52. The summed E-state index contributed by atoms with van der Waals surface area (Å²) in [5.74, 6) is 0.590. The van der Waals surface area contributed by atoms with Gasteiger partial charge in [0.2, 0.25) is 0 Å². The molecule has 0 N–H and O–H groups in total. The summed E-state index contributed by atoms with van der Waals surface area (Å²) in [6, 6.07) is 7.01. The van der Waals surface area contributed by atoms with E-state index in [1.165, 1.54) is 12.0 Å². The van der Waals surface area contributed by atoms with Crippen LogP contribution in [0.2, 0.25) is 0 Å². The highest BCUT2D eigenvalue weighted by Gasteiger charge is 2.36. The lowest BCUT2D eigenvalue weighted by atomic mass is 10.2. The third kappa shape index (κ3) is 4.54. The second-order valence-corrected chi connectivity index (χ2v) is 4.84. The number of rotatable bonds is 5. The average Bonchev–Trinajstić information content (AvgIpc) is 3.26. The van der Waals surface area contributed by atoms with E-state index >= 15 is 0 Å². The van der Waals surface area contributed by atoms with Gasteiger partial charge < -0.3 is 14.4 Å². The van der Waals surface area contributed by atoms with Gasteiger partial charge >= 0.3 is 12.3 Å². The minimum Gasteiger partial charge on any atom is -0.496 e. The molecule has 0 aliphatic heterocycles. The maximum atomic E-state index is 12.1. The number of alkyl halides is 3. The molecule has 1 aliphatic rings. The molecule has 0 spiro atoms. The fraction of sp³-hybridized carbons (Fsp3) is 0.500. The number of ether oxygens (including phenoxy) is 2. The first kappa shape index (κ1) is 15.5. The summed E-state index contributed by atoms with van der Waals surface area (Å²) in [6.07, 6.45) is -3.91. The molecule has 1 saturated carbocycles. The number of hydrogen-bond donors (Lipinski definition) is 0. The van der Waals surface area contributed by atoms with Crippen LogP contribution >= 0.6 is 0 Å². The van der Waals surface area contributed by atoms with Crippen LogP contribution in [0.4, 0.5) is 18.0 Å². The fourth-order valence-corrected chi connectivity index (χ4v) is 1.97. The third-order valence-corrected chi connectivity index (χ3v) is 3.11. The van der Waals surface area contributed by atoms with Crippen LogP contribution in [0, 0.1) is 0 Å². The highest BCUT2D eigenvalue weighted by atomic mass is 19.4. The van der Waals surface area contributed by atoms with Crippen LogP contribution in [-0.4, -0.2) is 36.9 Å². The largest absolute Gasteiger partial charge is 0.496 e. The van der Waals surface area contributed by atoms with Gasteiger partial charge in [-0.25, -0.2) is 4.79 Å². The normalized spacial score (nSPS) is 14.7. The molecule has 0 saturated heterocycles. The zero-order chi connectivity index (χ0) is 15.5. The Morgan fingerprint density at radius 2 is 2.00 bits per heavy atom. The van der Waals surface area contributed by atoms with Crippen LogP contribution in [0.25, 0.3) is 0 Å². The zero-order valence-electron chi connectivity index (χ0n) is 11.5. The van der Waals surface area contributed by atoms with Crippen LogP contribution < -0.4 is 4.74 Å². The first-order chi connectivity index (χ1) is 9.90. The minimum absolute atomic E-state index is 0.0596. The second-order valence-electron chi connectivity index (χ2n) is 4.84. The number of carbonyl (C=O) groups is 1. The number of para-hydroxylation sites is 1. The van der Waals surface area contributed by atoms with E-state index in [1.807, 2.05) is 0 Å². The molecule has 0 bridgehead atoms. The summed E-state index contributed by atoms with van der Waals surface area (Å²) in [4.78, 5) is 13.2. The Kier molecular flexibility index (Phi) is 4.59. The molecule has 21 heavy (non-hydrogen) atoms. The number of nitrogens with zero attached hydrogens (tertiary/aromatic N) is 1. The molecule has 1 amide bonds. The maximum Gasteiger partial charge on any atom is 0.422 e. The SMILES string of the molecule is COc1ccccc1CN(C(=O)OCC(F)(F)F)C1CC1. The van der Waals surface area contributed by atoms with Gasteiger partial charge in [0.15, 0.2) is 6.61 Å². The van der Waals surface area contributed by atoms with Crippen molar-refractivity contribution in [2.75, 3.05) is 13.7 Å². The highest BCUT2D eigenvalue weighted by Crippen LogP contribution is 2.31. The van der Waals surface area contributed by atoms with Crippen molar-refractivity contribution in [3.63, 3.8) is 0 Å². The van der Waals surface area contributed by atoms with Crippen molar-refractivity contribution in [3.05, 3.63) is 29.8 Å². The number of carbonyl (C=O) groups excluding carboxylic acids is 1. The Bertz CT molecular complexity index is 500. The van der Waals surface area contributed by atoms with Crippen molar-refractivity contribution in [2.45, 2.75) is 31.6 Å². The number of methoxy groups -OCH3 is 1. The number of hydrogen-bond acceptors (Lipinski definition) is 3. The molecule has 1 fully saturated rings. The van der Waals surface area contributed by atoms with Crippen molar-refractivity contribution in [2.24, 2.45) is 0 Å². The number of benzene rings is 1. The van der Waals surface area contributed by atoms with Gasteiger partial charge in [-0.15, -0.1) is 0 Å². The van der Waals surface area contributed by atoms with Gasteiger partial charge in [0.05, 0.1) is 13.7 Å². The van der Waals surface area contributed by atoms with E-state index in [4.69, 9.17) is 4.74 Å². The van der Waals surface area contributed by atoms with Crippen molar-refractivity contribution in [1.82, 2.24) is 4.90 Å². The molecule has 0 heterocycles. The van der Waals surface area contributed by atoms with Crippen molar-refractivity contribution < 1.29 is 27.4 Å². The summed E-state index contributed by atoms with van der Waals surface area (Å²) in [7, 11) is 1.50. The summed E-state index contributed by atoms with van der Waals surface area (Å²) >= 11 is 0. The van der Waals surface area contributed by atoms with Crippen LogP contribution in [0.15, 0.2) is 24.3 Å². The monoisotopic (exact) mass is 303 g/mol. The van der Waals surface area contributed by atoms with E-state index in [0.29, 0.717) is 5.75 Å². The molecule has 1 aromatic carbocycles. The average molecular weight is 303 g/mol. The number of amides is 1. The molecular formula is C14H16F3NO3. The molecule has 4 nitrogen and oxygen atoms in total. The number of halogens is 3. The molecule has 2 rings (SSSR count). The Hall–Kier alpha value is -1.92. The molecule has 1 aromatic rings. The Morgan fingerprint density at radius 1 is 1.33 bits per heavy atom. The molecule has 7 heteroatoms. The molecule has 1 aliphatic carbocycles. The lowest BCUT2D eigenvalue weighted by molar-refractivity contribution is -0.162. The lowest BCUT2D eigenvalue weighted by Gasteiger charge is -2.23. The van der Waals surface area contributed by atoms with E-state index in [-0.39, 0.29) is 12.6 Å². The highest BCUT2D eigenvalue weighted by molar-refractivity contribution is 5.68. The van der Waals surface area contributed by atoms with Crippen LogP contribution in [0.1, 0.15) is 18.4 Å². The summed E-state index contributed by atoms with van der Waals surface area (Å²) in [6.45, 7) is -1.40. The summed E-state index contributed by atoms with van der Waals surface area (Å²) in [5.41, 5.74) is 0.732. The van der Waals surface area contributed by atoms with E-state index in [9.17, 15) is 18.0 Å². The fourth-order valence-electron chi connectivity index (χ4n) is 1.97. The third-order valence-electron chi connectivity index (χ3n) is 3.11. The van der Waals surface area contributed by atoms with Gasteiger partial charge in [0, 0.05) is 11.6 Å². The van der Waals surface area contributed by atoms with E-state index in [2.05, 4.69) is 4.74 Å². The molecular weight excluding hydrogens is 287 g/mol.